The zero-order chi connectivity index (χ0) is 14.2. The van der Waals surface area contributed by atoms with E-state index in [1.54, 1.807) is 13.2 Å². The van der Waals surface area contributed by atoms with Crippen LogP contribution in [0.2, 0.25) is 13.7 Å². The van der Waals surface area contributed by atoms with Crippen LogP contribution in [-0.4, -0.2) is 7.11 Å². The molecule has 0 saturated carbocycles. The Morgan fingerprint density at radius 3 is 2.37 bits per heavy atom. The minimum Gasteiger partial charge on any atom is -0.495 e. The summed E-state index contributed by atoms with van der Waals surface area (Å²) in [6, 6.07) is 5.46. The Bertz CT molecular complexity index is 615. The van der Waals surface area contributed by atoms with Gasteiger partial charge in [-0.1, -0.05) is 50.7 Å². The second-order valence-corrected chi connectivity index (χ2v) is 8.14. The first-order chi connectivity index (χ1) is 8.93. The normalized spacial score (nSPS) is 12.5. The quantitative estimate of drug-likeness (QED) is 0.445. The molecule has 1 unspecified atom stereocenters. The third-order valence-corrected chi connectivity index (χ3v) is 5.78. The van der Waals surface area contributed by atoms with Gasteiger partial charge in [-0.2, -0.15) is 0 Å². The van der Waals surface area contributed by atoms with Gasteiger partial charge in [0.2, 0.25) is 0 Å². The predicted molar refractivity (Wildman–Crippen MR) is 90.8 cm³/mol. The molecule has 2 rings (SSSR count). The first-order valence-corrected chi connectivity index (χ1v) is 8.71. The van der Waals surface area contributed by atoms with Gasteiger partial charge in [0.25, 0.3) is 0 Å². The van der Waals surface area contributed by atoms with Gasteiger partial charge in [0.05, 0.1) is 25.1 Å². The Hall–Kier alpha value is 0.550. The van der Waals surface area contributed by atoms with Gasteiger partial charge in [0.15, 0.2) is 0 Å². The molecule has 0 amide bonds. The highest BCUT2D eigenvalue weighted by Crippen LogP contribution is 2.46. The fourth-order valence-corrected chi connectivity index (χ4v) is 5.19. The van der Waals surface area contributed by atoms with Crippen molar-refractivity contribution in [2.45, 2.75) is 4.83 Å². The third kappa shape index (κ3) is 3.42. The highest BCUT2D eigenvalue weighted by Gasteiger charge is 2.22. The number of hydrogen-bond donors (Lipinski definition) is 0. The fraction of sp³-hybridized carbons (Fsp3) is 0.167. The van der Waals surface area contributed by atoms with Gasteiger partial charge in [0.1, 0.15) is 5.75 Å². The molecule has 0 radical (unpaired) electrons. The summed E-state index contributed by atoms with van der Waals surface area (Å²) < 4.78 is 7.49. The molecular weight excluding hydrogens is 458 g/mol. The standard InChI is InChI=1S/C12H7Br2Cl3OS/c1-18-11-6(2-5(15)3-8(11)13)10(14)7-4-9(16)19-12(7)17/h2-4,10H,1H3. The molecule has 1 atom stereocenters. The molecule has 1 aromatic carbocycles. The van der Waals surface area contributed by atoms with E-state index in [0.717, 1.165) is 15.6 Å². The SMILES string of the molecule is COc1c(Br)cc(Cl)cc1C(Br)c1cc(Cl)sc1Cl. The lowest BCUT2D eigenvalue weighted by Gasteiger charge is -2.16. The molecule has 0 aliphatic carbocycles. The van der Waals surface area contributed by atoms with E-state index in [0.29, 0.717) is 19.4 Å². The molecular formula is C12H7Br2Cl3OS. The number of hydrogen-bond acceptors (Lipinski definition) is 2. The maximum absolute atomic E-state index is 6.18. The van der Waals surface area contributed by atoms with E-state index in [2.05, 4.69) is 31.9 Å². The number of methoxy groups -OCH3 is 1. The van der Waals surface area contributed by atoms with E-state index in [1.165, 1.54) is 11.3 Å². The topological polar surface area (TPSA) is 9.23 Å². The second kappa shape index (κ2) is 6.54. The maximum Gasteiger partial charge on any atom is 0.137 e. The smallest absolute Gasteiger partial charge is 0.137 e. The summed E-state index contributed by atoms with van der Waals surface area (Å²) in [6.45, 7) is 0. The number of thiophene rings is 1. The van der Waals surface area contributed by atoms with Crippen LogP contribution in [0.4, 0.5) is 0 Å². The average Bonchev–Trinajstić information content (AvgIpc) is 2.66. The lowest BCUT2D eigenvalue weighted by Crippen LogP contribution is -1.97. The summed E-state index contributed by atoms with van der Waals surface area (Å²) in [5.74, 6) is 0.713. The minimum atomic E-state index is -0.145. The Balaban J connectivity index is 2.55. The van der Waals surface area contributed by atoms with Crippen molar-refractivity contribution in [1.29, 1.82) is 0 Å². The van der Waals surface area contributed by atoms with Crippen LogP contribution in [-0.2, 0) is 0 Å². The molecule has 1 heterocycles. The van der Waals surface area contributed by atoms with Crippen molar-refractivity contribution in [1.82, 2.24) is 0 Å². The highest BCUT2D eigenvalue weighted by atomic mass is 79.9. The van der Waals surface area contributed by atoms with E-state index in [4.69, 9.17) is 39.5 Å². The lowest BCUT2D eigenvalue weighted by molar-refractivity contribution is 0.408. The first-order valence-electron chi connectivity index (χ1n) is 5.05. The van der Waals surface area contributed by atoms with Crippen molar-refractivity contribution in [3.05, 3.63) is 47.5 Å². The van der Waals surface area contributed by atoms with Crippen molar-refractivity contribution in [2.75, 3.05) is 7.11 Å². The maximum atomic E-state index is 6.18. The molecule has 2 aromatic rings. The zero-order valence-corrected chi connectivity index (χ0v) is 15.8. The number of halogens is 5. The Kier molecular flexibility index (Phi) is 5.49. The molecule has 102 valence electrons. The van der Waals surface area contributed by atoms with Crippen LogP contribution in [0.5, 0.6) is 5.75 Å². The van der Waals surface area contributed by atoms with Crippen LogP contribution in [0, 0.1) is 0 Å². The molecule has 0 aliphatic rings. The molecule has 1 nitrogen and oxygen atoms in total. The Morgan fingerprint density at radius 1 is 1.16 bits per heavy atom. The summed E-state index contributed by atoms with van der Waals surface area (Å²) in [4.78, 5) is -0.145. The summed E-state index contributed by atoms with van der Waals surface area (Å²) >= 11 is 26.6. The van der Waals surface area contributed by atoms with Crippen molar-refractivity contribution in [3.8, 4) is 5.75 Å². The molecule has 0 N–H and O–H groups in total. The van der Waals surface area contributed by atoms with Gasteiger partial charge in [-0.3, -0.25) is 0 Å². The number of ether oxygens (including phenoxy) is 1. The number of benzene rings is 1. The van der Waals surface area contributed by atoms with E-state index in [9.17, 15) is 0 Å². The van der Waals surface area contributed by atoms with E-state index in [1.807, 2.05) is 12.1 Å². The summed E-state index contributed by atoms with van der Waals surface area (Å²) in [5, 5.41) is 0.615. The fourth-order valence-electron chi connectivity index (χ4n) is 1.68. The van der Waals surface area contributed by atoms with Crippen molar-refractivity contribution >= 4 is 78.0 Å². The summed E-state index contributed by atoms with van der Waals surface area (Å²) in [7, 11) is 1.61. The minimum absolute atomic E-state index is 0.145. The molecule has 0 spiro atoms. The molecule has 0 bridgehead atoms. The Morgan fingerprint density at radius 2 is 1.84 bits per heavy atom. The lowest BCUT2D eigenvalue weighted by atomic mass is 10.1. The van der Waals surface area contributed by atoms with E-state index in [-0.39, 0.29) is 4.83 Å². The van der Waals surface area contributed by atoms with Crippen LogP contribution in [0.25, 0.3) is 0 Å². The van der Waals surface area contributed by atoms with Gasteiger partial charge < -0.3 is 4.74 Å². The van der Waals surface area contributed by atoms with Gasteiger partial charge in [-0.25, -0.2) is 0 Å². The number of rotatable bonds is 3. The first kappa shape index (κ1) is 15.9. The van der Waals surface area contributed by atoms with Crippen LogP contribution < -0.4 is 4.74 Å². The van der Waals surface area contributed by atoms with Crippen molar-refractivity contribution in [2.24, 2.45) is 0 Å². The molecule has 19 heavy (non-hydrogen) atoms. The van der Waals surface area contributed by atoms with Crippen LogP contribution >= 0.6 is 78.0 Å². The largest absolute Gasteiger partial charge is 0.495 e. The highest BCUT2D eigenvalue weighted by molar-refractivity contribution is 9.10. The van der Waals surface area contributed by atoms with Crippen molar-refractivity contribution in [3.63, 3.8) is 0 Å². The second-order valence-electron chi connectivity index (χ2n) is 3.65. The van der Waals surface area contributed by atoms with E-state index < -0.39 is 0 Å². The van der Waals surface area contributed by atoms with Crippen LogP contribution in [0.15, 0.2) is 22.7 Å². The molecule has 0 fully saturated rings. The third-order valence-electron chi connectivity index (χ3n) is 2.47. The van der Waals surface area contributed by atoms with Crippen LogP contribution in [0.1, 0.15) is 16.0 Å². The van der Waals surface area contributed by atoms with Crippen molar-refractivity contribution < 1.29 is 4.74 Å². The molecule has 0 saturated heterocycles. The zero-order valence-electron chi connectivity index (χ0n) is 9.52. The predicted octanol–water partition coefficient (Wildman–Crippen LogP) is 6.96. The van der Waals surface area contributed by atoms with Gasteiger partial charge in [-0.05, 0) is 34.1 Å². The van der Waals surface area contributed by atoms with Gasteiger partial charge in [0, 0.05) is 16.1 Å². The Labute approximate surface area is 147 Å². The summed E-state index contributed by atoms with van der Waals surface area (Å²) in [6.07, 6.45) is 0. The van der Waals surface area contributed by atoms with Gasteiger partial charge in [-0.15, -0.1) is 11.3 Å². The summed E-state index contributed by atoms with van der Waals surface area (Å²) in [5.41, 5.74) is 1.78. The molecule has 1 aromatic heterocycles. The van der Waals surface area contributed by atoms with Crippen LogP contribution in [0.3, 0.4) is 0 Å². The monoisotopic (exact) mass is 462 g/mol. The average molecular weight is 465 g/mol. The van der Waals surface area contributed by atoms with E-state index >= 15 is 0 Å². The molecule has 7 heteroatoms. The van der Waals surface area contributed by atoms with Gasteiger partial charge >= 0.3 is 0 Å². The number of alkyl halides is 1. The molecule has 0 aliphatic heterocycles.